The first-order valence-corrected chi connectivity index (χ1v) is 12.1. The second-order valence-electron chi connectivity index (χ2n) is 9.15. The summed E-state index contributed by atoms with van der Waals surface area (Å²) in [7, 11) is 0. The van der Waals surface area contributed by atoms with Gasteiger partial charge in [0.15, 0.2) is 0 Å². The van der Waals surface area contributed by atoms with E-state index in [9.17, 15) is 9.59 Å². The fraction of sp³-hybridized carbons (Fsp3) is 0.357. The minimum atomic E-state index is -0.102. The van der Waals surface area contributed by atoms with Gasteiger partial charge in [-0.05, 0) is 47.9 Å². The van der Waals surface area contributed by atoms with Crippen LogP contribution in [0.1, 0.15) is 28.8 Å². The van der Waals surface area contributed by atoms with Crippen molar-refractivity contribution in [1.29, 1.82) is 0 Å². The molecule has 3 aromatic carbocycles. The molecule has 2 aliphatic heterocycles. The highest BCUT2D eigenvalue weighted by molar-refractivity contribution is 6.04. The van der Waals surface area contributed by atoms with Gasteiger partial charge in [-0.2, -0.15) is 0 Å². The predicted molar refractivity (Wildman–Crippen MR) is 134 cm³/mol. The zero-order valence-corrected chi connectivity index (χ0v) is 19.4. The van der Waals surface area contributed by atoms with Crippen molar-refractivity contribution in [3.05, 3.63) is 77.9 Å². The van der Waals surface area contributed by atoms with Crippen molar-refractivity contribution in [2.24, 2.45) is 5.92 Å². The first kappa shape index (κ1) is 22.6. The monoisotopic (exact) mass is 457 g/mol. The zero-order valence-electron chi connectivity index (χ0n) is 19.4. The molecule has 0 spiro atoms. The van der Waals surface area contributed by atoms with Gasteiger partial charge in [-0.15, -0.1) is 0 Å². The summed E-state index contributed by atoms with van der Waals surface area (Å²) in [6.07, 6.45) is 1.84. The van der Waals surface area contributed by atoms with Crippen molar-refractivity contribution in [2.75, 3.05) is 44.7 Å². The van der Waals surface area contributed by atoms with Gasteiger partial charge < -0.3 is 15.0 Å². The van der Waals surface area contributed by atoms with Gasteiger partial charge in [0.1, 0.15) is 0 Å². The highest BCUT2D eigenvalue weighted by atomic mass is 16.5. The van der Waals surface area contributed by atoms with Gasteiger partial charge in [0.05, 0.1) is 30.4 Å². The van der Waals surface area contributed by atoms with E-state index in [4.69, 9.17) is 4.74 Å². The number of piperidine rings is 1. The molecule has 6 nitrogen and oxygen atoms in total. The van der Waals surface area contributed by atoms with E-state index in [1.54, 1.807) is 11.0 Å². The van der Waals surface area contributed by atoms with E-state index in [1.165, 1.54) is 16.3 Å². The van der Waals surface area contributed by atoms with Crippen LogP contribution < -0.4 is 5.32 Å². The number of ether oxygens (including phenoxy) is 1. The number of hydrogen-bond donors (Lipinski definition) is 1. The summed E-state index contributed by atoms with van der Waals surface area (Å²) in [5, 5.41) is 5.58. The van der Waals surface area contributed by atoms with Crippen molar-refractivity contribution in [2.45, 2.75) is 19.4 Å². The van der Waals surface area contributed by atoms with Crippen LogP contribution in [0.2, 0.25) is 0 Å². The summed E-state index contributed by atoms with van der Waals surface area (Å²) in [5.74, 6) is -0.166. The number of benzene rings is 3. The van der Waals surface area contributed by atoms with Gasteiger partial charge in [0.25, 0.3) is 5.91 Å². The van der Waals surface area contributed by atoms with E-state index in [1.807, 2.05) is 18.2 Å². The molecule has 2 saturated heterocycles. The Morgan fingerprint density at radius 3 is 2.56 bits per heavy atom. The average molecular weight is 458 g/mol. The van der Waals surface area contributed by atoms with Gasteiger partial charge in [0.2, 0.25) is 5.91 Å². The topological polar surface area (TPSA) is 61.9 Å². The normalized spacial score (nSPS) is 19.2. The smallest absolute Gasteiger partial charge is 0.256 e. The molecule has 0 aliphatic carbocycles. The summed E-state index contributed by atoms with van der Waals surface area (Å²) in [6.45, 7) is 4.79. The van der Waals surface area contributed by atoms with Crippen LogP contribution >= 0.6 is 0 Å². The van der Waals surface area contributed by atoms with Crippen LogP contribution in [0, 0.1) is 5.92 Å². The molecule has 3 aromatic rings. The lowest BCUT2D eigenvalue weighted by molar-refractivity contribution is -0.121. The van der Waals surface area contributed by atoms with Gasteiger partial charge in [0, 0.05) is 26.2 Å². The highest BCUT2D eigenvalue weighted by Crippen LogP contribution is 2.25. The van der Waals surface area contributed by atoms with E-state index in [0.29, 0.717) is 44.1 Å². The third kappa shape index (κ3) is 4.98. The molecule has 176 valence electrons. The third-order valence-electron chi connectivity index (χ3n) is 6.86. The quantitative estimate of drug-likeness (QED) is 0.625. The second-order valence-corrected chi connectivity index (χ2v) is 9.15. The number of para-hydroxylation sites is 1. The Morgan fingerprint density at radius 2 is 1.68 bits per heavy atom. The number of hydrogen-bond acceptors (Lipinski definition) is 4. The molecule has 2 aliphatic rings. The zero-order chi connectivity index (χ0) is 23.3. The number of fused-ring (bicyclic) bond motifs is 1. The summed E-state index contributed by atoms with van der Waals surface area (Å²) >= 11 is 0. The predicted octanol–water partition coefficient (Wildman–Crippen LogP) is 4.16. The maximum atomic E-state index is 13.2. The number of morpholine rings is 1. The first-order chi connectivity index (χ1) is 16.7. The van der Waals surface area contributed by atoms with Gasteiger partial charge in [-0.3, -0.25) is 14.5 Å². The van der Waals surface area contributed by atoms with Crippen LogP contribution in [0.3, 0.4) is 0 Å². The molecular weight excluding hydrogens is 426 g/mol. The van der Waals surface area contributed by atoms with E-state index in [0.717, 1.165) is 25.9 Å². The van der Waals surface area contributed by atoms with Crippen molar-refractivity contribution >= 4 is 28.3 Å². The van der Waals surface area contributed by atoms with Gasteiger partial charge >= 0.3 is 0 Å². The largest absolute Gasteiger partial charge is 0.378 e. The number of nitrogens with one attached hydrogen (secondary N) is 1. The Kier molecular flexibility index (Phi) is 6.88. The molecule has 34 heavy (non-hydrogen) atoms. The SMILES string of the molecule is O=C(Nc1ccccc1C(=O)N1CCOCC1)C1CCCN(Cc2cccc3ccccc23)C1. The number of anilines is 1. The molecule has 2 fully saturated rings. The average Bonchev–Trinajstić information content (AvgIpc) is 2.89. The molecule has 2 heterocycles. The molecule has 5 rings (SSSR count). The molecule has 6 heteroatoms. The number of amides is 2. The van der Waals surface area contributed by atoms with E-state index < -0.39 is 0 Å². The van der Waals surface area contributed by atoms with Crippen molar-refractivity contribution in [3.8, 4) is 0 Å². The summed E-state index contributed by atoms with van der Waals surface area (Å²) in [6, 6.07) is 22.2. The van der Waals surface area contributed by atoms with Crippen molar-refractivity contribution in [1.82, 2.24) is 9.80 Å². The lowest BCUT2D eigenvalue weighted by Crippen LogP contribution is -2.42. The fourth-order valence-corrected chi connectivity index (χ4v) is 5.03. The number of carbonyl (C=O) groups excluding carboxylic acids is 2. The summed E-state index contributed by atoms with van der Waals surface area (Å²) in [5.41, 5.74) is 2.43. The second kappa shape index (κ2) is 10.4. The Labute approximate surface area is 200 Å². The van der Waals surface area contributed by atoms with Crippen molar-refractivity contribution < 1.29 is 14.3 Å². The van der Waals surface area contributed by atoms with E-state index in [-0.39, 0.29) is 17.7 Å². The maximum absolute atomic E-state index is 13.2. The van der Waals surface area contributed by atoms with Gasteiger partial charge in [-0.1, -0.05) is 54.6 Å². The minimum absolute atomic E-state index is 0.00940. The van der Waals surface area contributed by atoms with Crippen LogP contribution in [-0.2, 0) is 16.1 Å². The molecule has 2 amide bonds. The lowest BCUT2D eigenvalue weighted by Gasteiger charge is -2.32. The first-order valence-electron chi connectivity index (χ1n) is 12.1. The maximum Gasteiger partial charge on any atom is 0.256 e. The minimum Gasteiger partial charge on any atom is -0.378 e. The molecule has 1 N–H and O–H groups in total. The van der Waals surface area contributed by atoms with Crippen LogP contribution in [0.4, 0.5) is 5.69 Å². The summed E-state index contributed by atoms with van der Waals surface area (Å²) in [4.78, 5) is 30.5. The van der Waals surface area contributed by atoms with Crippen LogP contribution in [0.5, 0.6) is 0 Å². The Balaban J connectivity index is 1.26. The Bertz CT molecular complexity index is 1170. The molecule has 1 unspecified atom stereocenters. The molecule has 1 atom stereocenters. The van der Waals surface area contributed by atoms with Crippen LogP contribution in [0.15, 0.2) is 66.7 Å². The molecule has 0 radical (unpaired) electrons. The Morgan fingerprint density at radius 1 is 0.912 bits per heavy atom. The molecule has 0 aromatic heterocycles. The number of nitrogens with zero attached hydrogens (tertiary/aromatic N) is 2. The Hall–Kier alpha value is -3.22. The third-order valence-corrected chi connectivity index (χ3v) is 6.86. The molecular formula is C28H31N3O3. The number of rotatable bonds is 5. The van der Waals surface area contributed by atoms with Crippen LogP contribution in [0.25, 0.3) is 10.8 Å². The summed E-state index contributed by atoms with van der Waals surface area (Å²) < 4.78 is 5.37. The van der Waals surface area contributed by atoms with Crippen LogP contribution in [-0.4, -0.2) is 61.0 Å². The molecule has 0 bridgehead atoms. The fourth-order valence-electron chi connectivity index (χ4n) is 5.03. The number of carbonyl (C=O) groups is 2. The van der Waals surface area contributed by atoms with E-state index in [2.05, 4.69) is 52.7 Å². The van der Waals surface area contributed by atoms with Gasteiger partial charge in [-0.25, -0.2) is 0 Å². The lowest BCUT2D eigenvalue weighted by atomic mass is 9.95. The molecule has 0 saturated carbocycles. The van der Waals surface area contributed by atoms with E-state index >= 15 is 0 Å². The van der Waals surface area contributed by atoms with Crippen molar-refractivity contribution in [3.63, 3.8) is 0 Å². The number of likely N-dealkylation sites (tertiary alicyclic amines) is 1. The standard InChI is InChI=1S/C28H31N3O3/c32-27(29-26-13-4-3-12-25(26)28(33)31-15-17-34-18-16-31)23-10-6-14-30(20-23)19-22-9-5-8-21-7-1-2-11-24(21)22/h1-5,7-9,11-13,23H,6,10,14-20H2,(H,29,32). The highest BCUT2D eigenvalue weighted by Gasteiger charge is 2.28.